The Kier molecular flexibility index (Phi) is 5.32. The van der Waals surface area contributed by atoms with Gasteiger partial charge >= 0.3 is 11.9 Å². The van der Waals surface area contributed by atoms with Crippen molar-refractivity contribution in [2.24, 2.45) is 0 Å². The Hall–Kier alpha value is -1.88. The van der Waals surface area contributed by atoms with Crippen LogP contribution in [-0.2, 0) is 19.1 Å². The predicted molar refractivity (Wildman–Crippen MR) is 63.6 cm³/mol. The van der Waals surface area contributed by atoms with Crippen LogP contribution < -0.4 is 0 Å². The minimum atomic E-state index is -1.03. The van der Waals surface area contributed by atoms with E-state index in [4.69, 9.17) is 9.47 Å². The third kappa shape index (κ3) is 4.55. The van der Waals surface area contributed by atoms with Crippen molar-refractivity contribution in [3.63, 3.8) is 0 Å². The number of carbonyl (C=O) groups excluding carboxylic acids is 2. The summed E-state index contributed by atoms with van der Waals surface area (Å²) in [5.74, 6) is -1.03. The maximum Gasteiger partial charge on any atom is 0.303 e. The summed E-state index contributed by atoms with van der Waals surface area (Å²) in [6, 6.07) is 8.73. The van der Waals surface area contributed by atoms with Crippen LogP contribution in [0.2, 0.25) is 0 Å². The number of ether oxygens (including phenoxy) is 2. The summed E-state index contributed by atoms with van der Waals surface area (Å²) in [4.78, 5) is 21.7. The third-order valence-electron chi connectivity index (χ3n) is 2.26. The second-order valence-corrected chi connectivity index (χ2v) is 3.81. The SMILES string of the molecule is CC(=O)OCC(OC(C)=O)C(O)c1ccccc1. The van der Waals surface area contributed by atoms with Gasteiger partial charge in [-0.2, -0.15) is 0 Å². The van der Waals surface area contributed by atoms with Crippen LogP contribution in [0.1, 0.15) is 25.5 Å². The normalized spacial score (nSPS) is 13.5. The van der Waals surface area contributed by atoms with E-state index in [1.807, 2.05) is 6.07 Å². The van der Waals surface area contributed by atoms with E-state index in [-0.39, 0.29) is 6.61 Å². The average molecular weight is 252 g/mol. The van der Waals surface area contributed by atoms with E-state index in [2.05, 4.69) is 0 Å². The molecule has 1 aromatic rings. The van der Waals surface area contributed by atoms with Crippen LogP contribution in [0.4, 0.5) is 0 Å². The molecule has 18 heavy (non-hydrogen) atoms. The van der Waals surface area contributed by atoms with E-state index in [1.165, 1.54) is 13.8 Å². The lowest BCUT2D eigenvalue weighted by molar-refractivity contribution is -0.163. The Balaban J connectivity index is 2.75. The number of aliphatic hydroxyl groups is 1. The summed E-state index contributed by atoms with van der Waals surface area (Å²) in [6.45, 7) is 2.31. The third-order valence-corrected chi connectivity index (χ3v) is 2.26. The molecule has 2 atom stereocenters. The molecule has 5 heteroatoms. The zero-order valence-electron chi connectivity index (χ0n) is 10.3. The Morgan fingerprint density at radius 2 is 1.78 bits per heavy atom. The Morgan fingerprint density at radius 1 is 1.17 bits per heavy atom. The fraction of sp³-hybridized carbons (Fsp3) is 0.385. The van der Waals surface area contributed by atoms with Gasteiger partial charge in [-0.15, -0.1) is 0 Å². The first-order valence-electron chi connectivity index (χ1n) is 5.54. The van der Waals surface area contributed by atoms with Gasteiger partial charge in [0.15, 0.2) is 6.10 Å². The highest BCUT2D eigenvalue weighted by Crippen LogP contribution is 2.19. The molecule has 0 radical (unpaired) electrons. The molecule has 0 aliphatic heterocycles. The van der Waals surface area contributed by atoms with Crippen molar-refractivity contribution in [1.82, 2.24) is 0 Å². The van der Waals surface area contributed by atoms with Gasteiger partial charge in [0, 0.05) is 13.8 Å². The fourth-order valence-corrected chi connectivity index (χ4v) is 1.47. The molecule has 0 saturated carbocycles. The fourth-order valence-electron chi connectivity index (χ4n) is 1.47. The summed E-state index contributed by atoms with van der Waals surface area (Å²) >= 11 is 0. The van der Waals surface area contributed by atoms with Crippen LogP contribution in [0.5, 0.6) is 0 Å². The summed E-state index contributed by atoms with van der Waals surface area (Å²) in [6.07, 6.45) is -1.94. The zero-order valence-corrected chi connectivity index (χ0v) is 10.3. The van der Waals surface area contributed by atoms with Crippen molar-refractivity contribution in [1.29, 1.82) is 0 Å². The molecule has 5 nitrogen and oxygen atoms in total. The van der Waals surface area contributed by atoms with Gasteiger partial charge in [0.1, 0.15) is 12.7 Å². The van der Waals surface area contributed by atoms with Gasteiger partial charge in [-0.05, 0) is 5.56 Å². The minimum absolute atomic E-state index is 0.176. The van der Waals surface area contributed by atoms with Gasteiger partial charge in [-0.1, -0.05) is 30.3 Å². The highest BCUT2D eigenvalue weighted by atomic mass is 16.6. The highest BCUT2D eigenvalue weighted by molar-refractivity contribution is 5.67. The zero-order chi connectivity index (χ0) is 13.5. The van der Waals surface area contributed by atoms with E-state index in [1.54, 1.807) is 24.3 Å². The lowest BCUT2D eigenvalue weighted by atomic mass is 10.1. The average Bonchev–Trinajstić information content (AvgIpc) is 2.34. The van der Waals surface area contributed by atoms with Crippen LogP contribution in [0.3, 0.4) is 0 Å². The molecule has 0 fully saturated rings. The number of esters is 2. The second kappa shape index (κ2) is 6.76. The molecule has 2 unspecified atom stereocenters. The van der Waals surface area contributed by atoms with Gasteiger partial charge in [0.05, 0.1) is 0 Å². The Labute approximate surface area is 105 Å². The van der Waals surface area contributed by atoms with Gasteiger partial charge in [0.2, 0.25) is 0 Å². The summed E-state index contributed by atoms with van der Waals surface area (Å²) in [7, 11) is 0. The number of hydrogen-bond acceptors (Lipinski definition) is 5. The molecule has 0 aliphatic carbocycles. The molecule has 0 saturated heterocycles. The van der Waals surface area contributed by atoms with E-state index in [0.29, 0.717) is 5.56 Å². The maximum absolute atomic E-state index is 11.0. The molecule has 1 aromatic carbocycles. The van der Waals surface area contributed by atoms with Crippen LogP contribution in [0, 0.1) is 0 Å². The topological polar surface area (TPSA) is 72.8 Å². The monoisotopic (exact) mass is 252 g/mol. The lowest BCUT2D eigenvalue weighted by Crippen LogP contribution is -2.30. The first-order valence-corrected chi connectivity index (χ1v) is 5.54. The number of rotatable bonds is 5. The van der Waals surface area contributed by atoms with Crippen molar-refractivity contribution < 1.29 is 24.2 Å². The predicted octanol–water partition coefficient (Wildman–Crippen LogP) is 1.21. The number of hydrogen-bond donors (Lipinski definition) is 1. The van der Waals surface area contributed by atoms with Gasteiger partial charge in [-0.25, -0.2) is 0 Å². The molecule has 0 aliphatic rings. The van der Waals surface area contributed by atoms with Crippen molar-refractivity contribution in [3.05, 3.63) is 35.9 Å². The standard InChI is InChI=1S/C13H16O5/c1-9(14)17-8-12(18-10(2)15)13(16)11-6-4-3-5-7-11/h3-7,12-13,16H,8H2,1-2H3. The molecule has 0 aromatic heterocycles. The minimum Gasteiger partial charge on any atom is -0.462 e. The van der Waals surface area contributed by atoms with Gasteiger partial charge in [0.25, 0.3) is 0 Å². The van der Waals surface area contributed by atoms with E-state index >= 15 is 0 Å². The van der Waals surface area contributed by atoms with Crippen molar-refractivity contribution in [3.8, 4) is 0 Å². The molecule has 0 spiro atoms. The maximum atomic E-state index is 11.0. The van der Waals surface area contributed by atoms with E-state index in [0.717, 1.165) is 0 Å². The molecule has 1 rings (SSSR count). The van der Waals surface area contributed by atoms with Gasteiger partial charge in [-0.3, -0.25) is 9.59 Å². The first-order chi connectivity index (χ1) is 8.50. The number of carbonyl (C=O) groups is 2. The molecular weight excluding hydrogens is 236 g/mol. The van der Waals surface area contributed by atoms with Crippen molar-refractivity contribution >= 4 is 11.9 Å². The molecule has 1 N–H and O–H groups in total. The Morgan fingerprint density at radius 3 is 2.28 bits per heavy atom. The summed E-state index contributed by atoms with van der Waals surface area (Å²) < 4.78 is 9.72. The van der Waals surface area contributed by atoms with Crippen LogP contribution in [0.15, 0.2) is 30.3 Å². The molecular formula is C13H16O5. The van der Waals surface area contributed by atoms with E-state index < -0.39 is 24.1 Å². The van der Waals surface area contributed by atoms with E-state index in [9.17, 15) is 14.7 Å². The summed E-state index contributed by atoms with van der Waals surface area (Å²) in [5, 5.41) is 10.1. The largest absolute Gasteiger partial charge is 0.462 e. The van der Waals surface area contributed by atoms with Crippen LogP contribution in [0.25, 0.3) is 0 Å². The lowest BCUT2D eigenvalue weighted by Gasteiger charge is -2.22. The molecule has 0 bridgehead atoms. The van der Waals surface area contributed by atoms with Crippen molar-refractivity contribution in [2.75, 3.05) is 6.61 Å². The second-order valence-electron chi connectivity index (χ2n) is 3.81. The molecule has 0 heterocycles. The van der Waals surface area contributed by atoms with Crippen LogP contribution >= 0.6 is 0 Å². The van der Waals surface area contributed by atoms with Crippen molar-refractivity contribution in [2.45, 2.75) is 26.1 Å². The molecule has 98 valence electrons. The summed E-state index contributed by atoms with van der Waals surface area (Å²) in [5.41, 5.74) is 0.593. The van der Waals surface area contributed by atoms with Gasteiger partial charge < -0.3 is 14.6 Å². The molecule has 0 amide bonds. The smallest absolute Gasteiger partial charge is 0.303 e. The first kappa shape index (κ1) is 14.2. The van der Waals surface area contributed by atoms with Crippen LogP contribution in [-0.4, -0.2) is 29.8 Å². The number of benzene rings is 1. The highest BCUT2D eigenvalue weighted by Gasteiger charge is 2.24. The quantitative estimate of drug-likeness (QED) is 0.797. The number of aliphatic hydroxyl groups excluding tert-OH is 1. The Bertz CT molecular complexity index is 401.